The zero-order valence-corrected chi connectivity index (χ0v) is 9.90. The summed E-state index contributed by atoms with van der Waals surface area (Å²) in [6, 6.07) is 3.57. The number of rotatable bonds is 3. The van der Waals surface area contributed by atoms with Crippen LogP contribution in [-0.2, 0) is 4.74 Å². The largest absolute Gasteiger partial charge is 0.498 e. The van der Waals surface area contributed by atoms with Crippen LogP contribution in [0.25, 0.3) is 10.6 Å². The lowest BCUT2D eigenvalue weighted by Crippen LogP contribution is -2.05. The summed E-state index contributed by atoms with van der Waals surface area (Å²) in [6.45, 7) is 1.95. The Morgan fingerprint density at radius 2 is 2.41 bits per heavy atom. The smallest absolute Gasteiger partial charge is 0.361 e. The van der Waals surface area contributed by atoms with Gasteiger partial charge in [0.05, 0.1) is 6.61 Å². The topological polar surface area (TPSA) is 72.3 Å². The van der Waals surface area contributed by atoms with Gasteiger partial charge < -0.3 is 9.84 Å². The Kier molecular flexibility index (Phi) is 3.34. The fraction of sp³-hybridized carbons (Fsp3) is 0.182. The lowest BCUT2D eigenvalue weighted by atomic mass is 10.3. The summed E-state index contributed by atoms with van der Waals surface area (Å²) >= 11 is 1.03. The molecule has 0 aliphatic heterocycles. The maximum Gasteiger partial charge on any atom is 0.361 e. The van der Waals surface area contributed by atoms with Crippen LogP contribution in [-0.4, -0.2) is 27.7 Å². The van der Waals surface area contributed by atoms with Gasteiger partial charge in [-0.15, -0.1) is 0 Å². The Hall–Kier alpha value is -1.95. The van der Waals surface area contributed by atoms with Gasteiger partial charge in [-0.05, 0) is 19.1 Å². The van der Waals surface area contributed by atoms with Gasteiger partial charge in [0.2, 0.25) is 10.8 Å². The van der Waals surface area contributed by atoms with Crippen molar-refractivity contribution in [3.8, 4) is 15.6 Å². The molecule has 0 bridgehead atoms. The summed E-state index contributed by atoms with van der Waals surface area (Å²) in [4.78, 5) is 19.5. The lowest BCUT2D eigenvalue weighted by Gasteiger charge is -1.97. The highest BCUT2D eigenvalue weighted by atomic mass is 32.1. The highest BCUT2D eigenvalue weighted by molar-refractivity contribution is 7.17. The van der Waals surface area contributed by atoms with Crippen molar-refractivity contribution < 1.29 is 14.6 Å². The summed E-state index contributed by atoms with van der Waals surface area (Å²) in [6.07, 6.45) is 3.26. The molecule has 2 rings (SSSR count). The van der Waals surface area contributed by atoms with E-state index in [4.69, 9.17) is 4.74 Å². The van der Waals surface area contributed by atoms with Gasteiger partial charge in [0, 0.05) is 18.0 Å². The van der Waals surface area contributed by atoms with E-state index in [9.17, 15) is 9.90 Å². The first-order chi connectivity index (χ1) is 8.22. The van der Waals surface area contributed by atoms with Crippen LogP contribution in [0.15, 0.2) is 24.5 Å². The third-order valence-corrected chi connectivity index (χ3v) is 2.89. The van der Waals surface area contributed by atoms with Crippen LogP contribution in [0.1, 0.15) is 17.4 Å². The Morgan fingerprint density at radius 1 is 1.59 bits per heavy atom. The van der Waals surface area contributed by atoms with Gasteiger partial charge in [-0.1, -0.05) is 11.3 Å². The average molecular weight is 250 g/mol. The number of nitrogens with zero attached hydrogens (tertiary/aromatic N) is 2. The molecule has 0 saturated carbocycles. The molecule has 0 amide bonds. The number of thiazole rings is 1. The molecule has 5 nitrogen and oxygen atoms in total. The second-order valence-corrected chi connectivity index (χ2v) is 4.11. The highest BCUT2D eigenvalue weighted by Gasteiger charge is 2.19. The van der Waals surface area contributed by atoms with E-state index in [1.807, 2.05) is 0 Å². The zero-order chi connectivity index (χ0) is 12.3. The first-order valence-corrected chi connectivity index (χ1v) is 5.81. The van der Waals surface area contributed by atoms with E-state index in [1.54, 1.807) is 31.5 Å². The summed E-state index contributed by atoms with van der Waals surface area (Å²) in [5.41, 5.74) is 0.707. The normalized spacial score (nSPS) is 10.2. The number of ether oxygens (including phenoxy) is 1. The highest BCUT2D eigenvalue weighted by Crippen LogP contribution is 2.32. The van der Waals surface area contributed by atoms with Crippen molar-refractivity contribution in [1.29, 1.82) is 0 Å². The molecule has 1 N–H and O–H groups in total. The minimum atomic E-state index is -0.614. The molecule has 2 heterocycles. The average Bonchev–Trinajstić information content (AvgIpc) is 2.73. The second kappa shape index (κ2) is 4.92. The lowest BCUT2D eigenvalue weighted by molar-refractivity contribution is 0.0517. The Morgan fingerprint density at radius 3 is 3.06 bits per heavy atom. The molecular weight excluding hydrogens is 240 g/mol. The molecule has 0 aliphatic rings. The molecule has 2 aromatic heterocycles. The van der Waals surface area contributed by atoms with Crippen LogP contribution in [0.3, 0.4) is 0 Å². The maximum atomic E-state index is 11.5. The van der Waals surface area contributed by atoms with Gasteiger partial charge in [-0.2, -0.15) is 0 Å². The molecule has 0 aliphatic carbocycles. The predicted molar refractivity (Wildman–Crippen MR) is 63.0 cm³/mol. The molecule has 0 radical (unpaired) electrons. The van der Waals surface area contributed by atoms with E-state index >= 15 is 0 Å². The van der Waals surface area contributed by atoms with Crippen LogP contribution in [0, 0.1) is 0 Å². The van der Waals surface area contributed by atoms with Crippen molar-refractivity contribution in [2.75, 3.05) is 6.61 Å². The Labute approximate surface area is 102 Å². The van der Waals surface area contributed by atoms with Crippen molar-refractivity contribution >= 4 is 17.3 Å². The van der Waals surface area contributed by atoms with Crippen molar-refractivity contribution in [2.24, 2.45) is 0 Å². The number of hydrogen-bond acceptors (Lipinski definition) is 6. The molecule has 0 spiro atoms. The van der Waals surface area contributed by atoms with Crippen LogP contribution in [0.4, 0.5) is 0 Å². The van der Waals surface area contributed by atoms with Crippen molar-refractivity contribution in [3.63, 3.8) is 0 Å². The van der Waals surface area contributed by atoms with Crippen LogP contribution in [0.5, 0.6) is 5.06 Å². The first-order valence-electron chi connectivity index (χ1n) is 4.99. The van der Waals surface area contributed by atoms with E-state index in [0.29, 0.717) is 5.01 Å². The summed E-state index contributed by atoms with van der Waals surface area (Å²) in [5.74, 6) is -0.614. The number of hydrogen-bond donors (Lipinski definition) is 1. The third kappa shape index (κ3) is 2.42. The third-order valence-electron chi connectivity index (χ3n) is 1.99. The number of pyridine rings is 1. The molecule has 0 atom stereocenters. The molecule has 0 fully saturated rings. The van der Waals surface area contributed by atoms with E-state index < -0.39 is 5.97 Å². The molecular formula is C11H10N2O3S. The maximum absolute atomic E-state index is 11.5. The van der Waals surface area contributed by atoms with Gasteiger partial charge >= 0.3 is 5.97 Å². The summed E-state index contributed by atoms with van der Waals surface area (Å²) in [5, 5.41) is 10.0. The number of esters is 1. The van der Waals surface area contributed by atoms with Crippen LogP contribution < -0.4 is 0 Å². The number of carbonyl (C=O) groups excluding carboxylic acids is 1. The quantitative estimate of drug-likeness (QED) is 0.844. The second-order valence-electron chi connectivity index (χ2n) is 3.13. The number of carbonyl (C=O) groups is 1. The number of aromatic nitrogens is 2. The van der Waals surface area contributed by atoms with Gasteiger partial charge in [-0.3, -0.25) is 4.98 Å². The fourth-order valence-electron chi connectivity index (χ4n) is 1.26. The van der Waals surface area contributed by atoms with Gasteiger partial charge in [0.25, 0.3) is 0 Å². The van der Waals surface area contributed by atoms with E-state index in [1.165, 1.54) is 0 Å². The fourth-order valence-corrected chi connectivity index (χ4v) is 2.04. The van der Waals surface area contributed by atoms with Gasteiger partial charge in [0.15, 0.2) is 0 Å². The summed E-state index contributed by atoms with van der Waals surface area (Å²) < 4.78 is 4.79. The molecule has 17 heavy (non-hydrogen) atoms. The summed E-state index contributed by atoms with van der Waals surface area (Å²) in [7, 11) is 0. The Bertz CT molecular complexity index is 525. The Balaban J connectivity index is 2.34. The standard InChI is InChI=1S/C11H10N2O3S/c1-2-16-10(14)8-11(15)17-9(13-8)7-4-3-5-12-6-7/h3-6,15H,2H2,1H3. The number of aromatic hydroxyl groups is 1. The van der Waals surface area contributed by atoms with E-state index in [-0.39, 0.29) is 17.4 Å². The molecule has 2 aromatic rings. The van der Waals surface area contributed by atoms with Crippen LogP contribution >= 0.6 is 11.3 Å². The molecule has 0 saturated heterocycles. The van der Waals surface area contributed by atoms with E-state index in [0.717, 1.165) is 16.9 Å². The molecule has 0 unspecified atom stereocenters. The monoisotopic (exact) mass is 250 g/mol. The van der Waals surface area contributed by atoms with Crippen molar-refractivity contribution in [2.45, 2.75) is 6.92 Å². The minimum absolute atomic E-state index is 0.0456. The predicted octanol–water partition coefficient (Wildman–Crippen LogP) is 2.09. The van der Waals surface area contributed by atoms with Gasteiger partial charge in [0.1, 0.15) is 5.01 Å². The van der Waals surface area contributed by atoms with Gasteiger partial charge in [-0.25, -0.2) is 9.78 Å². The SMILES string of the molecule is CCOC(=O)c1nc(-c2cccnc2)sc1O. The minimum Gasteiger partial charge on any atom is -0.498 e. The van der Waals surface area contributed by atoms with Crippen molar-refractivity contribution in [1.82, 2.24) is 9.97 Å². The molecule has 88 valence electrons. The molecule has 0 aromatic carbocycles. The zero-order valence-electron chi connectivity index (χ0n) is 9.08. The van der Waals surface area contributed by atoms with Crippen LogP contribution in [0.2, 0.25) is 0 Å². The molecule has 6 heteroatoms. The van der Waals surface area contributed by atoms with Crippen molar-refractivity contribution in [3.05, 3.63) is 30.2 Å². The first kappa shape index (κ1) is 11.5. The van der Waals surface area contributed by atoms with E-state index in [2.05, 4.69) is 9.97 Å².